The summed E-state index contributed by atoms with van der Waals surface area (Å²) in [5.41, 5.74) is 1.69. The van der Waals surface area contributed by atoms with E-state index in [1.165, 1.54) is 6.07 Å². The number of rotatable bonds is 2. The largest absolute Gasteiger partial charge is 0.447 e. The van der Waals surface area contributed by atoms with Crippen molar-refractivity contribution in [1.82, 2.24) is 9.80 Å². The SMILES string of the molecule is Cc1ccc2c(CC(=O)N3CCN4C(=O)OCC4C3)cc(=O)oc2c1. The third-order valence-corrected chi connectivity index (χ3v) is 4.80. The van der Waals surface area contributed by atoms with Crippen molar-refractivity contribution in [2.45, 2.75) is 19.4 Å². The summed E-state index contributed by atoms with van der Waals surface area (Å²) in [6, 6.07) is 6.90. The number of hydrogen-bond acceptors (Lipinski definition) is 5. The first kappa shape index (κ1) is 15.7. The third kappa shape index (κ3) is 2.86. The maximum atomic E-state index is 12.7. The van der Waals surface area contributed by atoms with Crippen LogP contribution < -0.4 is 5.63 Å². The number of fused-ring (bicyclic) bond motifs is 2. The van der Waals surface area contributed by atoms with E-state index in [0.717, 1.165) is 10.9 Å². The van der Waals surface area contributed by atoms with E-state index < -0.39 is 5.63 Å². The zero-order valence-electron chi connectivity index (χ0n) is 13.9. The number of carbonyl (C=O) groups excluding carboxylic acids is 2. The van der Waals surface area contributed by atoms with Gasteiger partial charge in [0.1, 0.15) is 12.2 Å². The maximum absolute atomic E-state index is 12.7. The van der Waals surface area contributed by atoms with E-state index in [0.29, 0.717) is 37.4 Å². The Morgan fingerprint density at radius 1 is 1.24 bits per heavy atom. The lowest BCUT2D eigenvalue weighted by atomic mass is 10.0. The topological polar surface area (TPSA) is 80.1 Å². The molecule has 0 N–H and O–H groups in total. The molecule has 2 saturated heterocycles. The highest BCUT2D eigenvalue weighted by Crippen LogP contribution is 2.21. The van der Waals surface area contributed by atoms with Gasteiger partial charge in [0.15, 0.2) is 0 Å². The van der Waals surface area contributed by atoms with E-state index >= 15 is 0 Å². The predicted molar refractivity (Wildman–Crippen MR) is 89.3 cm³/mol. The van der Waals surface area contributed by atoms with Gasteiger partial charge in [-0.1, -0.05) is 12.1 Å². The molecule has 2 fully saturated rings. The monoisotopic (exact) mass is 342 g/mol. The van der Waals surface area contributed by atoms with Gasteiger partial charge in [-0.3, -0.25) is 9.69 Å². The second-order valence-electron chi connectivity index (χ2n) is 6.53. The van der Waals surface area contributed by atoms with E-state index in [-0.39, 0.29) is 24.5 Å². The van der Waals surface area contributed by atoms with Crippen molar-refractivity contribution in [3.05, 3.63) is 45.8 Å². The summed E-state index contributed by atoms with van der Waals surface area (Å²) in [7, 11) is 0. The Hall–Kier alpha value is -2.83. The number of aryl methyl sites for hydroxylation is 1. The molecule has 1 aromatic carbocycles. The van der Waals surface area contributed by atoms with Crippen LogP contribution >= 0.6 is 0 Å². The van der Waals surface area contributed by atoms with Crippen molar-refractivity contribution in [3.8, 4) is 0 Å². The molecule has 2 aliphatic rings. The van der Waals surface area contributed by atoms with Crippen LogP contribution in [0.5, 0.6) is 0 Å². The molecule has 0 radical (unpaired) electrons. The summed E-state index contributed by atoms with van der Waals surface area (Å²) < 4.78 is 10.3. The number of carbonyl (C=O) groups is 2. The first-order chi connectivity index (χ1) is 12.0. The molecule has 1 aromatic heterocycles. The minimum absolute atomic E-state index is 0.0635. The molecule has 7 heteroatoms. The van der Waals surface area contributed by atoms with Crippen molar-refractivity contribution in [3.63, 3.8) is 0 Å². The first-order valence-corrected chi connectivity index (χ1v) is 8.26. The van der Waals surface area contributed by atoms with Crippen LogP contribution in [0.15, 0.2) is 33.5 Å². The minimum Gasteiger partial charge on any atom is -0.447 e. The maximum Gasteiger partial charge on any atom is 0.410 e. The number of benzene rings is 1. The van der Waals surface area contributed by atoms with E-state index in [9.17, 15) is 14.4 Å². The third-order valence-electron chi connectivity index (χ3n) is 4.80. The van der Waals surface area contributed by atoms with Crippen LogP contribution in [0.3, 0.4) is 0 Å². The number of piperazine rings is 1. The molecule has 2 aliphatic heterocycles. The van der Waals surface area contributed by atoms with Crippen molar-refractivity contribution >= 4 is 23.0 Å². The van der Waals surface area contributed by atoms with Crippen LogP contribution in [0.4, 0.5) is 4.79 Å². The Labute approximate surface area is 143 Å². The number of nitrogens with zero attached hydrogens (tertiary/aromatic N) is 2. The van der Waals surface area contributed by atoms with Gasteiger partial charge < -0.3 is 14.1 Å². The van der Waals surface area contributed by atoms with Crippen molar-refractivity contribution in [2.24, 2.45) is 0 Å². The first-order valence-electron chi connectivity index (χ1n) is 8.26. The van der Waals surface area contributed by atoms with Gasteiger partial charge >= 0.3 is 11.7 Å². The van der Waals surface area contributed by atoms with Gasteiger partial charge in [-0.25, -0.2) is 9.59 Å². The predicted octanol–water partition coefficient (Wildman–Crippen LogP) is 1.31. The molecule has 0 saturated carbocycles. The number of hydrogen-bond donors (Lipinski definition) is 0. The molecule has 3 heterocycles. The molecule has 0 spiro atoms. The van der Waals surface area contributed by atoms with Crippen LogP contribution in [0, 0.1) is 6.92 Å². The Morgan fingerprint density at radius 3 is 2.92 bits per heavy atom. The summed E-state index contributed by atoms with van der Waals surface area (Å²) in [6.07, 6.45) is -0.175. The fourth-order valence-electron chi connectivity index (χ4n) is 3.47. The van der Waals surface area contributed by atoms with Gasteiger partial charge in [0.2, 0.25) is 5.91 Å². The summed E-state index contributed by atoms with van der Waals surface area (Å²) in [6.45, 7) is 3.65. The Morgan fingerprint density at radius 2 is 2.08 bits per heavy atom. The Kier molecular flexibility index (Phi) is 3.71. The lowest BCUT2D eigenvalue weighted by Crippen LogP contribution is -2.54. The van der Waals surface area contributed by atoms with Gasteiger partial charge in [0, 0.05) is 31.1 Å². The molecular weight excluding hydrogens is 324 g/mol. The fourth-order valence-corrected chi connectivity index (χ4v) is 3.47. The van der Waals surface area contributed by atoms with Gasteiger partial charge in [-0.2, -0.15) is 0 Å². The molecule has 0 aliphatic carbocycles. The zero-order valence-corrected chi connectivity index (χ0v) is 13.9. The minimum atomic E-state index is -0.458. The molecule has 2 aromatic rings. The van der Waals surface area contributed by atoms with Gasteiger partial charge in [-0.05, 0) is 24.1 Å². The fraction of sp³-hybridized carbons (Fsp3) is 0.389. The number of amides is 2. The standard InChI is InChI=1S/C18H18N2O5/c1-11-2-3-14-12(8-17(22)25-15(14)6-11)7-16(21)19-4-5-20-13(9-19)10-24-18(20)23/h2-3,6,8,13H,4-5,7,9-10H2,1H3. The summed E-state index contributed by atoms with van der Waals surface area (Å²) in [4.78, 5) is 39.5. The van der Waals surface area contributed by atoms with Crippen LogP contribution in [0.2, 0.25) is 0 Å². The molecule has 1 atom stereocenters. The lowest BCUT2D eigenvalue weighted by molar-refractivity contribution is -0.132. The second kappa shape index (κ2) is 5.91. The second-order valence-corrected chi connectivity index (χ2v) is 6.53. The Balaban J connectivity index is 1.56. The molecular formula is C18H18N2O5. The average Bonchev–Trinajstić information content (AvgIpc) is 2.95. The van der Waals surface area contributed by atoms with Gasteiger partial charge in [0.05, 0.1) is 12.5 Å². The lowest BCUT2D eigenvalue weighted by Gasteiger charge is -2.35. The van der Waals surface area contributed by atoms with Crippen molar-refractivity contribution in [2.75, 3.05) is 26.2 Å². The molecule has 2 amide bonds. The smallest absolute Gasteiger partial charge is 0.410 e. The van der Waals surface area contributed by atoms with Crippen LogP contribution in [-0.2, 0) is 16.0 Å². The molecule has 0 bridgehead atoms. The zero-order chi connectivity index (χ0) is 17.6. The van der Waals surface area contributed by atoms with Crippen LogP contribution in [-0.4, -0.2) is 54.1 Å². The quantitative estimate of drug-likeness (QED) is 0.769. The molecule has 4 rings (SSSR count). The van der Waals surface area contributed by atoms with E-state index in [1.54, 1.807) is 15.9 Å². The highest BCUT2D eigenvalue weighted by molar-refractivity contribution is 5.87. The van der Waals surface area contributed by atoms with Crippen LogP contribution in [0.1, 0.15) is 11.1 Å². The number of ether oxygens (including phenoxy) is 1. The van der Waals surface area contributed by atoms with Crippen molar-refractivity contribution in [1.29, 1.82) is 0 Å². The Bertz CT molecular complexity index is 919. The van der Waals surface area contributed by atoms with Crippen molar-refractivity contribution < 1.29 is 18.7 Å². The molecule has 130 valence electrons. The number of cyclic esters (lactones) is 1. The average molecular weight is 342 g/mol. The highest BCUT2D eigenvalue weighted by atomic mass is 16.6. The van der Waals surface area contributed by atoms with E-state index in [4.69, 9.17) is 9.15 Å². The van der Waals surface area contributed by atoms with Gasteiger partial charge in [-0.15, -0.1) is 0 Å². The van der Waals surface area contributed by atoms with Gasteiger partial charge in [0.25, 0.3) is 0 Å². The van der Waals surface area contributed by atoms with E-state index in [1.807, 2.05) is 19.1 Å². The summed E-state index contributed by atoms with van der Waals surface area (Å²) in [5.74, 6) is -0.0635. The van der Waals surface area contributed by atoms with E-state index in [2.05, 4.69) is 0 Å². The normalized spacial score (nSPS) is 19.9. The summed E-state index contributed by atoms with van der Waals surface area (Å²) in [5, 5.41) is 0.775. The molecule has 1 unspecified atom stereocenters. The van der Waals surface area contributed by atoms with Crippen LogP contribution in [0.25, 0.3) is 11.0 Å². The highest BCUT2D eigenvalue weighted by Gasteiger charge is 2.38. The molecule has 7 nitrogen and oxygen atoms in total. The molecule has 25 heavy (non-hydrogen) atoms. The summed E-state index contributed by atoms with van der Waals surface area (Å²) >= 11 is 0.